The summed E-state index contributed by atoms with van der Waals surface area (Å²) in [6, 6.07) is 2.30. The molecule has 0 fully saturated rings. The number of hydrogen-bond donors (Lipinski definition) is 0. The fourth-order valence-corrected chi connectivity index (χ4v) is 2.23. The molecule has 1 aliphatic rings. The lowest BCUT2D eigenvalue weighted by atomic mass is 9.91. The molecule has 1 rings (SSSR count). The van der Waals surface area contributed by atoms with E-state index in [0.29, 0.717) is 6.42 Å². The van der Waals surface area contributed by atoms with Crippen LogP contribution in [0.3, 0.4) is 0 Å². The fourth-order valence-electron chi connectivity index (χ4n) is 2.23. The standard InChI is InChI=1S/C13H23N3/c1-4-6-7-12-11-13(3,8-9-14)16(15-12)10-5-2/h4-8,10-11H2,1-3H3. The Balaban J connectivity index is 2.66. The molecule has 0 spiro atoms. The number of nitrogens with zero attached hydrogens (tertiary/aromatic N) is 3. The normalized spacial score (nSPS) is 24.4. The molecule has 0 saturated heterocycles. The molecule has 0 bridgehead atoms. The summed E-state index contributed by atoms with van der Waals surface area (Å²) in [6.07, 6.45) is 6.15. The van der Waals surface area contributed by atoms with Crippen molar-refractivity contribution in [3.63, 3.8) is 0 Å². The van der Waals surface area contributed by atoms with Crippen molar-refractivity contribution >= 4 is 5.71 Å². The summed E-state index contributed by atoms with van der Waals surface area (Å²) in [5, 5.41) is 15.7. The third kappa shape index (κ3) is 2.98. The quantitative estimate of drug-likeness (QED) is 0.690. The van der Waals surface area contributed by atoms with Gasteiger partial charge >= 0.3 is 0 Å². The van der Waals surface area contributed by atoms with E-state index in [1.165, 1.54) is 18.6 Å². The van der Waals surface area contributed by atoms with Crippen LogP contribution < -0.4 is 0 Å². The van der Waals surface area contributed by atoms with Crippen LogP contribution in [0.4, 0.5) is 0 Å². The third-order valence-corrected chi connectivity index (χ3v) is 3.18. The molecule has 16 heavy (non-hydrogen) atoms. The van der Waals surface area contributed by atoms with Gasteiger partial charge in [-0.25, -0.2) is 0 Å². The van der Waals surface area contributed by atoms with Gasteiger partial charge in [0.15, 0.2) is 0 Å². The molecule has 0 aromatic heterocycles. The van der Waals surface area contributed by atoms with Gasteiger partial charge in [-0.3, -0.25) is 5.01 Å². The minimum absolute atomic E-state index is 0.0478. The van der Waals surface area contributed by atoms with E-state index in [-0.39, 0.29) is 5.54 Å². The van der Waals surface area contributed by atoms with Crippen molar-refractivity contribution in [1.82, 2.24) is 5.01 Å². The number of nitriles is 1. The zero-order valence-corrected chi connectivity index (χ0v) is 10.8. The Hall–Kier alpha value is -1.04. The molecule has 1 aliphatic heterocycles. The lowest BCUT2D eigenvalue weighted by molar-refractivity contribution is 0.139. The van der Waals surface area contributed by atoms with Crippen molar-refractivity contribution < 1.29 is 0 Å². The molecule has 1 heterocycles. The second-order valence-corrected chi connectivity index (χ2v) is 4.90. The van der Waals surface area contributed by atoms with Gasteiger partial charge in [-0.2, -0.15) is 10.4 Å². The van der Waals surface area contributed by atoms with Crippen LogP contribution in [-0.2, 0) is 0 Å². The minimum atomic E-state index is -0.0478. The van der Waals surface area contributed by atoms with Crippen LogP contribution in [0.25, 0.3) is 0 Å². The average molecular weight is 221 g/mol. The summed E-state index contributed by atoms with van der Waals surface area (Å²) >= 11 is 0. The van der Waals surface area contributed by atoms with Gasteiger partial charge in [0.25, 0.3) is 0 Å². The average Bonchev–Trinajstić information content (AvgIpc) is 2.54. The highest BCUT2D eigenvalue weighted by molar-refractivity contribution is 5.86. The van der Waals surface area contributed by atoms with Crippen molar-refractivity contribution in [1.29, 1.82) is 5.26 Å². The summed E-state index contributed by atoms with van der Waals surface area (Å²) in [5.41, 5.74) is 1.24. The van der Waals surface area contributed by atoms with Crippen LogP contribution in [0.1, 0.15) is 59.3 Å². The Bertz CT molecular complexity index is 290. The third-order valence-electron chi connectivity index (χ3n) is 3.18. The first kappa shape index (κ1) is 13.0. The van der Waals surface area contributed by atoms with Crippen molar-refractivity contribution in [3.05, 3.63) is 0 Å². The highest BCUT2D eigenvalue weighted by atomic mass is 15.5. The predicted octanol–water partition coefficient (Wildman–Crippen LogP) is 3.32. The zero-order valence-electron chi connectivity index (χ0n) is 10.8. The van der Waals surface area contributed by atoms with Crippen LogP contribution in [0.2, 0.25) is 0 Å². The maximum absolute atomic E-state index is 8.91. The first-order chi connectivity index (χ1) is 7.66. The van der Waals surface area contributed by atoms with Crippen molar-refractivity contribution in [2.24, 2.45) is 5.10 Å². The van der Waals surface area contributed by atoms with Crippen LogP contribution in [0.5, 0.6) is 0 Å². The van der Waals surface area contributed by atoms with Crippen LogP contribution in [0, 0.1) is 11.3 Å². The van der Waals surface area contributed by atoms with E-state index in [4.69, 9.17) is 5.26 Å². The predicted molar refractivity (Wildman–Crippen MR) is 67.2 cm³/mol. The molecule has 90 valence electrons. The number of rotatable bonds is 6. The lowest BCUT2D eigenvalue weighted by Gasteiger charge is -2.32. The van der Waals surface area contributed by atoms with Gasteiger partial charge in [-0.05, 0) is 26.2 Å². The van der Waals surface area contributed by atoms with E-state index in [1.54, 1.807) is 0 Å². The Morgan fingerprint density at radius 1 is 1.44 bits per heavy atom. The molecule has 3 nitrogen and oxygen atoms in total. The van der Waals surface area contributed by atoms with Gasteiger partial charge in [-0.15, -0.1) is 0 Å². The topological polar surface area (TPSA) is 39.4 Å². The summed E-state index contributed by atoms with van der Waals surface area (Å²) in [6.45, 7) is 7.49. The first-order valence-corrected chi connectivity index (χ1v) is 6.37. The molecule has 0 aliphatic carbocycles. The van der Waals surface area contributed by atoms with Gasteiger partial charge in [0.1, 0.15) is 0 Å². The van der Waals surface area contributed by atoms with Gasteiger partial charge in [0.05, 0.1) is 18.0 Å². The Morgan fingerprint density at radius 3 is 2.75 bits per heavy atom. The summed E-state index contributed by atoms with van der Waals surface area (Å²) in [5.74, 6) is 0. The first-order valence-electron chi connectivity index (χ1n) is 6.37. The SMILES string of the molecule is CCCCC1=NN(CCC)C(C)(CC#N)C1. The Kier molecular flexibility index (Phi) is 4.79. The minimum Gasteiger partial charge on any atom is -0.290 e. The zero-order chi connectivity index (χ0) is 12.0. The van der Waals surface area contributed by atoms with Crippen LogP contribution in [0.15, 0.2) is 5.10 Å². The molecule has 1 atom stereocenters. The van der Waals surface area contributed by atoms with E-state index >= 15 is 0 Å². The van der Waals surface area contributed by atoms with Gasteiger partial charge < -0.3 is 0 Å². The maximum Gasteiger partial charge on any atom is 0.0733 e. The van der Waals surface area contributed by atoms with Crippen molar-refractivity contribution in [2.45, 2.75) is 64.8 Å². The second-order valence-electron chi connectivity index (χ2n) is 4.90. The molecular formula is C13H23N3. The highest BCUT2D eigenvalue weighted by Crippen LogP contribution is 2.31. The van der Waals surface area contributed by atoms with Crippen molar-refractivity contribution in [2.75, 3.05) is 6.54 Å². The molecule has 3 heteroatoms. The van der Waals surface area contributed by atoms with Crippen LogP contribution in [-0.4, -0.2) is 22.8 Å². The Morgan fingerprint density at radius 2 is 2.19 bits per heavy atom. The number of unbranched alkanes of at least 4 members (excludes halogenated alkanes) is 1. The summed E-state index contributed by atoms with van der Waals surface area (Å²) in [4.78, 5) is 0. The maximum atomic E-state index is 8.91. The fraction of sp³-hybridized carbons (Fsp3) is 0.846. The van der Waals surface area contributed by atoms with Gasteiger partial charge in [0.2, 0.25) is 0 Å². The molecule has 0 radical (unpaired) electrons. The Labute approximate surface area is 99.1 Å². The number of hydrogen-bond acceptors (Lipinski definition) is 3. The lowest BCUT2D eigenvalue weighted by Crippen LogP contribution is -2.39. The van der Waals surface area contributed by atoms with E-state index in [0.717, 1.165) is 25.8 Å². The second kappa shape index (κ2) is 5.89. The molecular weight excluding hydrogens is 198 g/mol. The van der Waals surface area contributed by atoms with E-state index in [2.05, 4.69) is 37.0 Å². The highest BCUT2D eigenvalue weighted by Gasteiger charge is 2.37. The monoisotopic (exact) mass is 221 g/mol. The molecule has 0 aromatic carbocycles. The summed E-state index contributed by atoms with van der Waals surface area (Å²) < 4.78 is 0. The molecule has 0 saturated carbocycles. The van der Waals surface area contributed by atoms with Crippen LogP contribution >= 0.6 is 0 Å². The molecule has 1 unspecified atom stereocenters. The van der Waals surface area contributed by atoms with Gasteiger partial charge in [0, 0.05) is 18.7 Å². The molecule has 0 amide bonds. The van der Waals surface area contributed by atoms with E-state index in [1.807, 2.05) is 0 Å². The van der Waals surface area contributed by atoms with Gasteiger partial charge in [-0.1, -0.05) is 20.3 Å². The van der Waals surface area contributed by atoms with Crippen molar-refractivity contribution in [3.8, 4) is 6.07 Å². The van der Waals surface area contributed by atoms with E-state index < -0.39 is 0 Å². The largest absolute Gasteiger partial charge is 0.290 e. The summed E-state index contributed by atoms with van der Waals surface area (Å²) in [7, 11) is 0. The molecule has 0 N–H and O–H groups in total. The molecule has 0 aromatic rings. The smallest absolute Gasteiger partial charge is 0.0733 e. The van der Waals surface area contributed by atoms with E-state index in [9.17, 15) is 0 Å². The number of hydrazone groups is 1.